The molecule has 0 saturated carbocycles. The average molecular weight is 438 g/mol. The second-order valence-corrected chi connectivity index (χ2v) is 8.57. The lowest BCUT2D eigenvalue weighted by molar-refractivity contribution is -0.127. The zero-order chi connectivity index (χ0) is 22.6. The van der Waals surface area contributed by atoms with Crippen LogP contribution in [-0.2, 0) is 17.8 Å². The fourth-order valence-corrected chi connectivity index (χ4v) is 5.06. The molecule has 2 aliphatic heterocycles. The van der Waals surface area contributed by atoms with Crippen LogP contribution in [-0.4, -0.2) is 49.7 Å². The van der Waals surface area contributed by atoms with E-state index in [-0.39, 0.29) is 17.9 Å². The van der Waals surface area contributed by atoms with Gasteiger partial charge in [0, 0.05) is 12.1 Å². The summed E-state index contributed by atoms with van der Waals surface area (Å²) in [5.41, 5.74) is 1.41. The standard InChI is InChI=1S/C25H31N3O4/c1-31-21-10-6-9-19(22(21)32-2)17-28-15-12-20(13-16-28)25(23(29)26-24(30)27-25)14-11-18-7-4-3-5-8-18/h3-10,20H,11-17H2,1-2H3,(H2,26,27,29,30). The summed E-state index contributed by atoms with van der Waals surface area (Å²) in [5, 5.41) is 5.49. The van der Waals surface area contributed by atoms with Gasteiger partial charge in [-0.15, -0.1) is 0 Å². The number of likely N-dealkylation sites (tertiary alicyclic amines) is 1. The molecule has 1 unspecified atom stereocenters. The van der Waals surface area contributed by atoms with Gasteiger partial charge in [0.2, 0.25) is 0 Å². The van der Waals surface area contributed by atoms with Crippen LogP contribution >= 0.6 is 0 Å². The molecule has 2 heterocycles. The minimum absolute atomic E-state index is 0.0983. The maximum Gasteiger partial charge on any atom is 0.322 e. The lowest BCUT2D eigenvalue weighted by Crippen LogP contribution is -2.56. The Kier molecular flexibility index (Phi) is 6.65. The first-order valence-electron chi connectivity index (χ1n) is 11.2. The van der Waals surface area contributed by atoms with E-state index < -0.39 is 5.54 Å². The van der Waals surface area contributed by atoms with Gasteiger partial charge in [-0.25, -0.2) is 4.79 Å². The molecule has 3 amide bonds. The number of urea groups is 1. The molecular formula is C25H31N3O4. The highest BCUT2D eigenvalue weighted by Crippen LogP contribution is 2.36. The number of carbonyl (C=O) groups excluding carboxylic acids is 2. The van der Waals surface area contributed by atoms with E-state index in [1.54, 1.807) is 14.2 Å². The Labute approximate surface area is 189 Å². The van der Waals surface area contributed by atoms with Crippen molar-refractivity contribution in [2.75, 3.05) is 27.3 Å². The van der Waals surface area contributed by atoms with Crippen molar-refractivity contribution < 1.29 is 19.1 Å². The van der Waals surface area contributed by atoms with Gasteiger partial charge in [-0.2, -0.15) is 0 Å². The zero-order valence-electron chi connectivity index (χ0n) is 18.7. The minimum Gasteiger partial charge on any atom is -0.493 e. The summed E-state index contributed by atoms with van der Waals surface area (Å²) >= 11 is 0. The summed E-state index contributed by atoms with van der Waals surface area (Å²) < 4.78 is 11.0. The highest BCUT2D eigenvalue weighted by molar-refractivity contribution is 6.07. The molecule has 0 spiro atoms. The molecular weight excluding hydrogens is 406 g/mol. The number of hydrogen-bond acceptors (Lipinski definition) is 5. The Balaban J connectivity index is 1.44. The van der Waals surface area contributed by atoms with Crippen molar-refractivity contribution in [2.24, 2.45) is 5.92 Å². The number of benzene rings is 2. The summed E-state index contributed by atoms with van der Waals surface area (Å²) in [6.45, 7) is 2.45. The van der Waals surface area contributed by atoms with Crippen LogP contribution in [0.4, 0.5) is 4.79 Å². The van der Waals surface area contributed by atoms with Gasteiger partial charge in [-0.05, 0) is 56.3 Å². The molecule has 2 fully saturated rings. The Hall–Kier alpha value is -3.06. The Bertz CT molecular complexity index is 957. The van der Waals surface area contributed by atoms with Crippen LogP contribution in [0.25, 0.3) is 0 Å². The van der Waals surface area contributed by atoms with Crippen molar-refractivity contribution in [1.82, 2.24) is 15.5 Å². The molecule has 2 aliphatic rings. The van der Waals surface area contributed by atoms with E-state index >= 15 is 0 Å². The zero-order valence-corrected chi connectivity index (χ0v) is 18.7. The van der Waals surface area contributed by atoms with Gasteiger partial charge in [-0.3, -0.25) is 15.0 Å². The summed E-state index contributed by atoms with van der Waals surface area (Å²) in [5.74, 6) is 1.40. The Morgan fingerprint density at radius 2 is 1.75 bits per heavy atom. The molecule has 0 aromatic heterocycles. The third-order valence-electron chi connectivity index (χ3n) is 6.78. The molecule has 170 valence electrons. The Morgan fingerprint density at radius 1 is 1.00 bits per heavy atom. The minimum atomic E-state index is -0.841. The van der Waals surface area contributed by atoms with Gasteiger partial charge in [0.25, 0.3) is 5.91 Å². The van der Waals surface area contributed by atoms with E-state index in [0.717, 1.165) is 56.0 Å². The van der Waals surface area contributed by atoms with E-state index in [0.29, 0.717) is 6.42 Å². The molecule has 4 rings (SSSR count). The predicted octanol–water partition coefficient (Wildman–Crippen LogP) is 3.13. The second kappa shape index (κ2) is 9.61. The van der Waals surface area contributed by atoms with Gasteiger partial charge >= 0.3 is 6.03 Å². The van der Waals surface area contributed by atoms with Crippen molar-refractivity contribution in [2.45, 2.75) is 37.8 Å². The number of hydrogen-bond donors (Lipinski definition) is 2. The molecule has 2 saturated heterocycles. The Morgan fingerprint density at radius 3 is 2.38 bits per heavy atom. The maximum absolute atomic E-state index is 12.9. The smallest absolute Gasteiger partial charge is 0.322 e. The van der Waals surface area contributed by atoms with Gasteiger partial charge in [0.05, 0.1) is 14.2 Å². The molecule has 2 N–H and O–H groups in total. The topological polar surface area (TPSA) is 79.9 Å². The van der Waals surface area contributed by atoms with E-state index in [4.69, 9.17) is 9.47 Å². The quantitative estimate of drug-likeness (QED) is 0.621. The number of aryl methyl sites for hydroxylation is 1. The summed E-state index contributed by atoms with van der Waals surface area (Å²) in [6.07, 6.45) is 3.03. The summed E-state index contributed by atoms with van der Waals surface area (Å²) in [6, 6.07) is 15.6. The van der Waals surface area contributed by atoms with Crippen LogP contribution in [0.1, 0.15) is 30.4 Å². The molecule has 2 aromatic rings. The normalized spacial score (nSPS) is 21.8. The van der Waals surface area contributed by atoms with Gasteiger partial charge in [0.15, 0.2) is 11.5 Å². The van der Waals surface area contributed by atoms with Gasteiger partial charge < -0.3 is 14.8 Å². The highest BCUT2D eigenvalue weighted by atomic mass is 16.5. The van der Waals surface area contributed by atoms with E-state index in [2.05, 4.69) is 33.7 Å². The number of methoxy groups -OCH3 is 2. The molecule has 7 heteroatoms. The first-order chi connectivity index (χ1) is 15.6. The first-order valence-corrected chi connectivity index (χ1v) is 11.2. The number of para-hydroxylation sites is 1. The van der Waals surface area contributed by atoms with Gasteiger partial charge in [0.1, 0.15) is 5.54 Å². The van der Waals surface area contributed by atoms with Crippen molar-refractivity contribution in [1.29, 1.82) is 0 Å². The molecule has 0 bridgehead atoms. The second-order valence-electron chi connectivity index (χ2n) is 8.57. The van der Waals surface area contributed by atoms with Crippen LogP contribution in [0, 0.1) is 5.92 Å². The molecule has 1 atom stereocenters. The van der Waals surface area contributed by atoms with Crippen molar-refractivity contribution >= 4 is 11.9 Å². The highest BCUT2D eigenvalue weighted by Gasteiger charge is 2.51. The molecule has 0 radical (unpaired) electrons. The lowest BCUT2D eigenvalue weighted by atomic mass is 9.74. The lowest BCUT2D eigenvalue weighted by Gasteiger charge is -2.41. The molecule has 32 heavy (non-hydrogen) atoms. The largest absolute Gasteiger partial charge is 0.493 e. The van der Waals surface area contributed by atoms with Crippen LogP contribution in [0.5, 0.6) is 11.5 Å². The first kappa shape index (κ1) is 22.1. The van der Waals surface area contributed by atoms with Crippen LogP contribution < -0.4 is 20.1 Å². The summed E-state index contributed by atoms with van der Waals surface area (Å²) in [7, 11) is 3.30. The number of piperidine rings is 1. The van der Waals surface area contributed by atoms with Crippen molar-refractivity contribution in [3.8, 4) is 11.5 Å². The van der Waals surface area contributed by atoms with Crippen LogP contribution in [0.15, 0.2) is 48.5 Å². The van der Waals surface area contributed by atoms with E-state index in [1.165, 1.54) is 5.56 Å². The number of carbonyl (C=O) groups is 2. The summed E-state index contributed by atoms with van der Waals surface area (Å²) in [4.78, 5) is 27.4. The maximum atomic E-state index is 12.9. The van der Waals surface area contributed by atoms with Gasteiger partial charge in [-0.1, -0.05) is 42.5 Å². The van der Waals surface area contributed by atoms with Crippen LogP contribution in [0.3, 0.4) is 0 Å². The predicted molar refractivity (Wildman–Crippen MR) is 122 cm³/mol. The average Bonchev–Trinajstić information content (AvgIpc) is 3.12. The fraction of sp³-hybridized carbons (Fsp3) is 0.440. The SMILES string of the molecule is COc1cccc(CN2CCC(C3(CCc4ccccc4)NC(=O)NC3=O)CC2)c1OC. The number of rotatable bonds is 8. The number of imide groups is 1. The molecule has 2 aromatic carbocycles. The van der Waals surface area contributed by atoms with E-state index in [9.17, 15) is 9.59 Å². The third-order valence-corrected chi connectivity index (χ3v) is 6.78. The molecule has 0 aliphatic carbocycles. The molecule has 7 nitrogen and oxygen atoms in total. The number of amides is 3. The number of nitrogens with one attached hydrogen (secondary N) is 2. The van der Waals surface area contributed by atoms with E-state index in [1.807, 2.05) is 30.3 Å². The van der Waals surface area contributed by atoms with Crippen molar-refractivity contribution in [3.63, 3.8) is 0 Å². The fourth-order valence-electron chi connectivity index (χ4n) is 5.06. The number of ether oxygens (including phenoxy) is 2. The van der Waals surface area contributed by atoms with Crippen LogP contribution in [0.2, 0.25) is 0 Å². The monoisotopic (exact) mass is 437 g/mol. The van der Waals surface area contributed by atoms with Crippen molar-refractivity contribution in [3.05, 3.63) is 59.7 Å². The third kappa shape index (κ3) is 4.43. The number of nitrogens with zero attached hydrogens (tertiary/aromatic N) is 1.